The van der Waals surface area contributed by atoms with E-state index >= 15 is 0 Å². The highest BCUT2D eigenvalue weighted by molar-refractivity contribution is 5.65. The molecular weight excluding hydrogens is 360 g/mol. The van der Waals surface area contributed by atoms with Crippen LogP contribution in [-0.4, -0.2) is 0 Å². The van der Waals surface area contributed by atoms with Crippen LogP contribution in [0.4, 0.5) is 0 Å². The molecule has 1 aliphatic carbocycles. The summed E-state index contributed by atoms with van der Waals surface area (Å²) in [6.07, 6.45) is 1.03. The van der Waals surface area contributed by atoms with E-state index in [4.69, 9.17) is 0 Å². The summed E-state index contributed by atoms with van der Waals surface area (Å²) in [6.45, 7) is 6.98. The van der Waals surface area contributed by atoms with Crippen LogP contribution in [0.2, 0.25) is 0 Å². The SMILES string of the molecule is Cc1ccccc1[C@@]1(c2ccccc2)C[C@](C)(c2ccccc2)c2c(C)cccc21. The Morgan fingerprint density at radius 3 is 1.73 bits per heavy atom. The van der Waals surface area contributed by atoms with Gasteiger partial charge in [-0.15, -0.1) is 0 Å². The van der Waals surface area contributed by atoms with E-state index in [1.807, 2.05) is 0 Å². The van der Waals surface area contributed by atoms with Crippen LogP contribution in [0.5, 0.6) is 0 Å². The highest BCUT2D eigenvalue weighted by atomic mass is 14.5. The van der Waals surface area contributed by atoms with Crippen LogP contribution in [0.1, 0.15) is 52.3 Å². The molecule has 4 aromatic carbocycles. The third-order valence-electron chi connectivity index (χ3n) is 7.19. The summed E-state index contributed by atoms with van der Waals surface area (Å²) >= 11 is 0. The Morgan fingerprint density at radius 1 is 0.533 bits per heavy atom. The van der Waals surface area contributed by atoms with Crippen molar-refractivity contribution in [2.24, 2.45) is 0 Å². The summed E-state index contributed by atoms with van der Waals surface area (Å²) in [6, 6.07) is 38.0. The van der Waals surface area contributed by atoms with Crippen LogP contribution in [-0.2, 0) is 10.8 Å². The second kappa shape index (κ2) is 6.99. The molecule has 0 spiro atoms. The first kappa shape index (κ1) is 18.9. The van der Waals surface area contributed by atoms with Gasteiger partial charge in [-0.05, 0) is 59.2 Å². The molecule has 148 valence electrons. The van der Waals surface area contributed by atoms with E-state index in [1.54, 1.807) is 0 Å². The lowest BCUT2D eigenvalue weighted by Gasteiger charge is -2.36. The first-order valence-corrected chi connectivity index (χ1v) is 10.8. The van der Waals surface area contributed by atoms with Gasteiger partial charge in [0.15, 0.2) is 0 Å². The third kappa shape index (κ3) is 2.60. The molecular formula is C30H28. The number of rotatable bonds is 3. The van der Waals surface area contributed by atoms with Crippen LogP contribution in [0.25, 0.3) is 0 Å². The molecule has 30 heavy (non-hydrogen) atoms. The molecule has 4 aromatic rings. The third-order valence-corrected chi connectivity index (χ3v) is 7.19. The second-order valence-electron chi connectivity index (χ2n) is 8.96. The Bertz CT molecular complexity index is 1190. The Labute approximate surface area is 180 Å². The summed E-state index contributed by atoms with van der Waals surface area (Å²) in [7, 11) is 0. The normalized spacial score (nSPS) is 22.6. The first-order chi connectivity index (χ1) is 14.6. The van der Waals surface area contributed by atoms with Gasteiger partial charge in [0.05, 0.1) is 0 Å². The summed E-state index contributed by atoms with van der Waals surface area (Å²) in [4.78, 5) is 0. The molecule has 0 saturated heterocycles. The number of aryl methyl sites for hydroxylation is 2. The maximum atomic E-state index is 2.44. The Balaban J connectivity index is 1.91. The number of hydrogen-bond donors (Lipinski definition) is 0. The molecule has 0 amide bonds. The van der Waals surface area contributed by atoms with Gasteiger partial charge in [0.2, 0.25) is 0 Å². The molecule has 0 nitrogen and oxygen atoms in total. The fourth-order valence-corrected chi connectivity index (χ4v) is 5.95. The van der Waals surface area contributed by atoms with Gasteiger partial charge in [-0.25, -0.2) is 0 Å². The van der Waals surface area contributed by atoms with Gasteiger partial charge < -0.3 is 0 Å². The molecule has 0 bridgehead atoms. The lowest BCUT2D eigenvalue weighted by atomic mass is 9.66. The molecule has 5 rings (SSSR count). The average molecular weight is 389 g/mol. The average Bonchev–Trinajstić information content (AvgIpc) is 3.07. The maximum Gasteiger partial charge on any atom is 0.0468 e. The monoisotopic (exact) mass is 388 g/mol. The van der Waals surface area contributed by atoms with Crippen LogP contribution in [0.15, 0.2) is 103 Å². The molecule has 0 saturated carbocycles. The van der Waals surface area contributed by atoms with Crippen LogP contribution in [0.3, 0.4) is 0 Å². The van der Waals surface area contributed by atoms with Crippen molar-refractivity contribution in [3.8, 4) is 0 Å². The van der Waals surface area contributed by atoms with Crippen molar-refractivity contribution >= 4 is 0 Å². The van der Waals surface area contributed by atoms with Crippen molar-refractivity contribution in [3.05, 3.63) is 142 Å². The van der Waals surface area contributed by atoms with E-state index in [-0.39, 0.29) is 10.8 Å². The van der Waals surface area contributed by atoms with E-state index in [2.05, 4.69) is 124 Å². The maximum absolute atomic E-state index is 2.44. The Hall–Kier alpha value is -3.12. The minimum absolute atomic E-state index is 0.0555. The quantitative estimate of drug-likeness (QED) is 0.344. The summed E-state index contributed by atoms with van der Waals surface area (Å²) in [5, 5.41) is 0. The highest BCUT2D eigenvalue weighted by Gasteiger charge is 2.53. The van der Waals surface area contributed by atoms with Crippen LogP contribution in [0, 0.1) is 13.8 Å². The van der Waals surface area contributed by atoms with Gasteiger partial charge in [-0.2, -0.15) is 0 Å². The summed E-state index contributed by atoms with van der Waals surface area (Å²) in [5.74, 6) is 0. The lowest BCUT2D eigenvalue weighted by Crippen LogP contribution is -2.31. The van der Waals surface area contributed by atoms with Crippen molar-refractivity contribution in [2.45, 2.75) is 38.0 Å². The molecule has 0 aromatic heterocycles. The molecule has 0 heteroatoms. The lowest BCUT2D eigenvalue weighted by molar-refractivity contribution is 0.470. The zero-order valence-electron chi connectivity index (χ0n) is 18.0. The number of hydrogen-bond acceptors (Lipinski definition) is 0. The minimum Gasteiger partial charge on any atom is -0.0622 e. The largest absolute Gasteiger partial charge is 0.0622 e. The van der Waals surface area contributed by atoms with Gasteiger partial charge in [-0.1, -0.05) is 110 Å². The highest BCUT2D eigenvalue weighted by Crippen LogP contribution is 2.59. The van der Waals surface area contributed by atoms with E-state index in [1.165, 1.54) is 38.9 Å². The fraction of sp³-hybridized carbons (Fsp3) is 0.200. The molecule has 2 atom stereocenters. The van der Waals surface area contributed by atoms with Crippen LogP contribution < -0.4 is 0 Å². The topological polar surface area (TPSA) is 0 Å². The van der Waals surface area contributed by atoms with Crippen LogP contribution >= 0.6 is 0 Å². The van der Waals surface area contributed by atoms with Crippen molar-refractivity contribution in [3.63, 3.8) is 0 Å². The van der Waals surface area contributed by atoms with Gasteiger partial charge in [0.25, 0.3) is 0 Å². The molecule has 1 aliphatic rings. The molecule has 0 radical (unpaired) electrons. The molecule has 0 unspecified atom stereocenters. The standard InChI is InChI=1S/C30H28/c1-22-13-10-11-19-26(22)30(25-17-8-5-9-18-25)21-29(3,24-15-6-4-7-16-24)28-23(2)14-12-20-27(28)30/h4-20H,21H2,1-3H3/t29-,30+/m1/s1. The van der Waals surface area contributed by atoms with E-state index < -0.39 is 0 Å². The van der Waals surface area contributed by atoms with Crippen molar-refractivity contribution in [2.75, 3.05) is 0 Å². The van der Waals surface area contributed by atoms with Gasteiger partial charge in [0, 0.05) is 10.8 Å². The predicted molar refractivity (Wildman–Crippen MR) is 126 cm³/mol. The minimum atomic E-state index is -0.168. The zero-order chi connectivity index (χ0) is 20.8. The van der Waals surface area contributed by atoms with E-state index in [0.717, 1.165) is 6.42 Å². The molecule has 0 heterocycles. The predicted octanol–water partition coefficient (Wildman–Crippen LogP) is 7.35. The van der Waals surface area contributed by atoms with Crippen molar-refractivity contribution in [1.29, 1.82) is 0 Å². The summed E-state index contributed by atoms with van der Waals surface area (Å²) in [5.41, 5.74) is 9.65. The molecule has 0 N–H and O–H groups in total. The number of fused-ring (bicyclic) bond motifs is 1. The van der Waals surface area contributed by atoms with E-state index in [9.17, 15) is 0 Å². The number of benzene rings is 4. The second-order valence-corrected chi connectivity index (χ2v) is 8.96. The first-order valence-electron chi connectivity index (χ1n) is 10.8. The van der Waals surface area contributed by atoms with Gasteiger partial charge in [-0.3, -0.25) is 0 Å². The van der Waals surface area contributed by atoms with Crippen molar-refractivity contribution < 1.29 is 0 Å². The Kier molecular flexibility index (Phi) is 4.40. The van der Waals surface area contributed by atoms with Crippen molar-refractivity contribution in [1.82, 2.24) is 0 Å². The van der Waals surface area contributed by atoms with Gasteiger partial charge in [0.1, 0.15) is 0 Å². The van der Waals surface area contributed by atoms with E-state index in [0.29, 0.717) is 0 Å². The smallest absolute Gasteiger partial charge is 0.0468 e. The molecule has 0 aliphatic heterocycles. The van der Waals surface area contributed by atoms with Gasteiger partial charge >= 0.3 is 0 Å². The fourth-order valence-electron chi connectivity index (χ4n) is 5.95. The molecule has 0 fully saturated rings. The summed E-state index contributed by atoms with van der Waals surface area (Å²) < 4.78 is 0. The Morgan fingerprint density at radius 2 is 1.07 bits per heavy atom. The zero-order valence-corrected chi connectivity index (χ0v) is 18.0.